The van der Waals surface area contributed by atoms with E-state index in [9.17, 15) is 9.59 Å². The molecule has 9 nitrogen and oxygen atoms in total. The summed E-state index contributed by atoms with van der Waals surface area (Å²) in [4.78, 5) is 38.1. The van der Waals surface area contributed by atoms with Crippen LogP contribution < -0.4 is 16.6 Å². The third-order valence-electron chi connectivity index (χ3n) is 5.60. The standard InChI is InChI=1S/C23H33N7O2S/c1-16(31)27-23-28-20(11-8-17-6-9-19(10-7-17)25-15-26-24)21(33-23)14-30-12-4-5-18(13-30)22(32)29(2)3/h6-7,9-10,15,18H,4-5,8,11-14,24H2,1-3H3,(H,25,26)(H,27,28,31)/t18-/m1/s1. The van der Waals surface area contributed by atoms with Crippen molar-refractivity contribution in [2.24, 2.45) is 16.8 Å². The molecular weight excluding hydrogens is 438 g/mol. The summed E-state index contributed by atoms with van der Waals surface area (Å²) in [7, 11) is 3.63. The molecule has 1 aromatic heterocycles. The number of hydrogen-bond donors (Lipinski definition) is 3. The summed E-state index contributed by atoms with van der Waals surface area (Å²) in [5.41, 5.74) is 5.40. The fourth-order valence-corrected chi connectivity index (χ4v) is 5.10. The number of hydrogen-bond acceptors (Lipinski definition) is 7. The first-order valence-corrected chi connectivity index (χ1v) is 11.9. The van der Waals surface area contributed by atoms with E-state index in [1.165, 1.54) is 30.2 Å². The van der Waals surface area contributed by atoms with Gasteiger partial charge in [-0.3, -0.25) is 14.5 Å². The first-order valence-electron chi connectivity index (χ1n) is 11.1. The second kappa shape index (κ2) is 11.9. The summed E-state index contributed by atoms with van der Waals surface area (Å²) in [5, 5.41) is 3.46. The molecule has 2 amide bonds. The number of anilines is 1. The number of aliphatic imine (C=N–C) groups is 1. The summed E-state index contributed by atoms with van der Waals surface area (Å²) >= 11 is 1.53. The third-order valence-corrected chi connectivity index (χ3v) is 6.60. The molecule has 0 aliphatic carbocycles. The Labute approximate surface area is 199 Å². The van der Waals surface area contributed by atoms with Gasteiger partial charge in [0.25, 0.3) is 0 Å². The van der Waals surface area contributed by atoms with Gasteiger partial charge in [0.1, 0.15) is 6.34 Å². The average molecular weight is 472 g/mol. The van der Waals surface area contributed by atoms with Gasteiger partial charge in [-0.05, 0) is 49.9 Å². The van der Waals surface area contributed by atoms with Gasteiger partial charge in [-0.25, -0.2) is 15.8 Å². The minimum absolute atomic E-state index is 0.0376. The van der Waals surface area contributed by atoms with E-state index in [1.54, 1.807) is 4.90 Å². The van der Waals surface area contributed by atoms with E-state index >= 15 is 0 Å². The maximum atomic E-state index is 12.5. The number of nitrogens with zero attached hydrogens (tertiary/aromatic N) is 4. The van der Waals surface area contributed by atoms with Crippen LogP contribution in [0, 0.1) is 5.92 Å². The molecule has 0 saturated carbocycles. The Bertz CT molecular complexity index is 972. The number of carbonyl (C=O) groups is 2. The smallest absolute Gasteiger partial charge is 0.226 e. The number of amides is 2. The molecule has 0 bridgehead atoms. The van der Waals surface area contributed by atoms with Crippen LogP contribution >= 0.6 is 11.3 Å². The molecule has 3 rings (SSSR count). The zero-order chi connectivity index (χ0) is 23.8. The lowest BCUT2D eigenvalue weighted by molar-refractivity contribution is -0.134. The number of nitrogens with two attached hydrogens (primary N) is 1. The largest absolute Gasteiger partial charge is 0.349 e. The van der Waals surface area contributed by atoms with Crippen LogP contribution in [-0.4, -0.2) is 60.1 Å². The van der Waals surface area contributed by atoms with Crippen molar-refractivity contribution >= 4 is 40.3 Å². The summed E-state index contributed by atoms with van der Waals surface area (Å²) < 4.78 is 0. The van der Waals surface area contributed by atoms with E-state index in [2.05, 4.69) is 20.6 Å². The molecule has 33 heavy (non-hydrogen) atoms. The van der Waals surface area contributed by atoms with E-state index in [1.807, 2.05) is 38.4 Å². The summed E-state index contributed by atoms with van der Waals surface area (Å²) in [6.45, 7) is 3.95. The van der Waals surface area contributed by atoms with Crippen LogP contribution in [0.1, 0.15) is 35.9 Å². The number of rotatable bonds is 9. The van der Waals surface area contributed by atoms with Gasteiger partial charge in [-0.1, -0.05) is 12.1 Å². The number of benzene rings is 1. The van der Waals surface area contributed by atoms with Crippen LogP contribution in [-0.2, 0) is 29.0 Å². The zero-order valence-corrected chi connectivity index (χ0v) is 20.3. The van der Waals surface area contributed by atoms with Crippen molar-refractivity contribution in [1.29, 1.82) is 0 Å². The van der Waals surface area contributed by atoms with Crippen LogP contribution in [0.4, 0.5) is 10.8 Å². The van der Waals surface area contributed by atoms with Crippen LogP contribution in [0.25, 0.3) is 0 Å². The van der Waals surface area contributed by atoms with Crippen molar-refractivity contribution in [3.8, 4) is 0 Å². The Hall–Kier alpha value is -2.82. The topological polar surface area (TPSA) is 116 Å². The lowest BCUT2D eigenvalue weighted by Gasteiger charge is -2.33. The Morgan fingerprint density at radius 1 is 1.30 bits per heavy atom. The van der Waals surface area contributed by atoms with Crippen molar-refractivity contribution in [2.45, 2.75) is 39.2 Å². The van der Waals surface area contributed by atoms with Gasteiger partial charge in [-0.2, -0.15) is 0 Å². The molecule has 1 saturated heterocycles. The maximum Gasteiger partial charge on any atom is 0.226 e. The Morgan fingerprint density at radius 3 is 2.73 bits per heavy atom. The van der Waals surface area contributed by atoms with Crippen molar-refractivity contribution < 1.29 is 9.59 Å². The minimum Gasteiger partial charge on any atom is -0.349 e. The molecule has 0 unspecified atom stereocenters. The Kier molecular flexibility index (Phi) is 8.93. The summed E-state index contributed by atoms with van der Waals surface area (Å²) in [5.74, 6) is 5.32. The van der Waals surface area contributed by atoms with Crippen molar-refractivity contribution in [1.82, 2.24) is 20.2 Å². The zero-order valence-electron chi connectivity index (χ0n) is 19.5. The number of likely N-dealkylation sites (tertiary alicyclic amines) is 1. The number of hydrazine groups is 1. The minimum atomic E-state index is -0.125. The number of thiazole rings is 1. The van der Waals surface area contributed by atoms with Gasteiger partial charge < -0.3 is 15.6 Å². The molecule has 2 aromatic rings. The highest BCUT2D eigenvalue weighted by Gasteiger charge is 2.27. The highest BCUT2D eigenvalue weighted by Crippen LogP contribution is 2.28. The van der Waals surface area contributed by atoms with Crippen LogP contribution in [0.2, 0.25) is 0 Å². The first kappa shape index (κ1) is 24.8. The lowest BCUT2D eigenvalue weighted by atomic mass is 9.96. The summed E-state index contributed by atoms with van der Waals surface area (Å²) in [6.07, 6.45) is 4.98. The van der Waals surface area contributed by atoms with Gasteiger partial charge >= 0.3 is 0 Å². The third kappa shape index (κ3) is 7.34. The lowest BCUT2D eigenvalue weighted by Crippen LogP contribution is -2.42. The molecule has 4 N–H and O–H groups in total. The number of carbonyl (C=O) groups excluding carboxylic acids is 2. The Balaban J connectivity index is 1.69. The normalized spacial score (nSPS) is 16.7. The molecule has 2 heterocycles. The number of piperidine rings is 1. The predicted molar refractivity (Wildman–Crippen MR) is 132 cm³/mol. The van der Waals surface area contributed by atoms with E-state index in [-0.39, 0.29) is 17.7 Å². The molecule has 1 aliphatic heterocycles. The molecule has 1 atom stereocenters. The molecule has 0 radical (unpaired) electrons. The SMILES string of the molecule is CC(=O)Nc1nc(CCc2ccc(N=CNN)cc2)c(CN2CCC[C@@H](C(=O)N(C)C)C2)s1. The molecule has 1 aliphatic rings. The first-order chi connectivity index (χ1) is 15.9. The van der Waals surface area contributed by atoms with Crippen LogP contribution in [0.5, 0.6) is 0 Å². The molecule has 178 valence electrons. The van der Waals surface area contributed by atoms with Crippen molar-refractivity contribution in [2.75, 3.05) is 32.5 Å². The quantitative estimate of drug-likeness (QED) is 0.224. The van der Waals surface area contributed by atoms with Gasteiger partial charge in [-0.15, -0.1) is 11.3 Å². The molecule has 0 spiro atoms. The highest BCUT2D eigenvalue weighted by molar-refractivity contribution is 7.15. The van der Waals surface area contributed by atoms with E-state index in [4.69, 9.17) is 10.8 Å². The van der Waals surface area contributed by atoms with Gasteiger partial charge in [0.15, 0.2) is 5.13 Å². The van der Waals surface area contributed by atoms with E-state index in [0.717, 1.165) is 61.6 Å². The molecule has 1 fully saturated rings. The number of aromatic nitrogens is 1. The maximum absolute atomic E-state index is 12.5. The highest BCUT2D eigenvalue weighted by atomic mass is 32.1. The predicted octanol–water partition coefficient (Wildman–Crippen LogP) is 2.31. The molecule has 10 heteroatoms. The second-order valence-corrected chi connectivity index (χ2v) is 9.55. The summed E-state index contributed by atoms with van der Waals surface area (Å²) in [6, 6.07) is 7.99. The van der Waals surface area contributed by atoms with E-state index < -0.39 is 0 Å². The van der Waals surface area contributed by atoms with Gasteiger partial charge in [0.2, 0.25) is 11.8 Å². The molecule has 1 aromatic carbocycles. The monoisotopic (exact) mass is 471 g/mol. The van der Waals surface area contributed by atoms with Crippen molar-refractivity contribution in [3.63, 3.8) is 0 Å². The molecular formula is C23H33N7O2S. The van der Waals surface area contributed by atoms with Gasteiger partial charge in [0.05, 0.1) is 17.3 Å². The van der Waals surface area contributed by atoms with Crippen LogP contribution in [0.15, 0.2) is 29.3 Å². The van der Waals surface area contributed by atoms with Crippen LogP contribution in [0.3, 0.4) is 0 Å². The van der Waals surface area contributed by atoms with Crippen molar-refractivity contribution in [3.05, 3.63) is 40.4 Å². The van der Waals surface area contributed by atoms with Gasteiger partial charge in [0, 0.05) is 39.0 Å². The number of aryl methyl sites for hydroxylation is 2. The number of nitrogens with one attached hydrogen (secondary N) is 2. The average Bonchev–Trinajstić information content (AvgIpc) is 3.16. The fraction of sp³-hybridized carbons (Fsp3) is 0.478. The van der Waals surface area contributed by atoms with E-state index in [0.29, 0.717) is 5.13 Å². The fourth-order valence-electron chi connectivity index (χ4n) is 4.00. The Morgan fingerprint density at radius 2 is 2.06 bits per heavy atom. The second-order valence-electron chi connectivity index (χ2n) is 8.47.